The van der Waals surface area contributed by atoms with Gasteiger partial charge in [0.15, 0.2) is 11.3 Å². The number of nitrogens with zero attached hydrogens (tertiary/aromatic N) is 3. The smallest absolute Gasteiger partial charge is 0.394 e. The number of alkyl halides is 3. The Morgan fingerprint density at radius 2 is 1.78 bits per heavy atom. The highest BCUT2D eigenvalue weighted by atomic mass is 35.5. The number of hydrogen-bond donors (Lipinski definition) is 2. The highest BCUT2D eigenvalue weighted by Gasteiger charge is 2.35. The maximum Gasteiger partial charge on any atom is 0.433 e. The van der Waals surface area contributed by atoms with Gasteiger partial charge in [-0.1, -0.05) is 41.6 Å². The number of fused-ring (bicyclic) bond motifs is 1. The van der Waals surface area contributed by atoms with Crippen LogP contribution >= 0.6 is 11.6 Å². The van der Waals surface area contributed by atoms with Crippen molar-refractivity contribution in [3.8, 4) is 23.1 Å². The van der Waals surface area contributed by atoms with E-state index in [2.05, 4.69) is 26.6 Å². The number of sulfonamides is 1. The van der Waals surface area contributed by atoms with Gasteiger partial charge in [-0.15, -0.1) is 0 Å². The lowest BCUT2D eigenvalue weighted by molar-refractivity contribution is -0.142. The summed E-state index contributed by atoms with van der Waals surface area (Å²) in [6.07, 6.45) is -3.54. The molecule has 12 heteroatoms. The van der Waals surface area contributed by atoms with Crippen molar-refractivity contribution >= 4 is 27.3 Å². The molecule has 7 nitrogen and oxygen atoms in total. The van der Waals surface area contributed by atoms with Crippen LogP contribution in [0, 0.1) is 11.8 Å². The molecule has 4 aromatic rings. The summed E-state index contributed by atoms with van der Waals surface area (Å²) in [5, 5.41) is 13.6. The molecule has 4 rings (SSSR count). The molecule has 0 spiro atoms. The summed E-state index contributed by atoms with van der Waals surface area (Å²) in [6, 6.07) is 12.8. The van der Waals surface area contributed by atoms with Crippen molar-refractivity contribution < 1.29 is 26.7 Å². The predicted molar refractivity (Wildman–Crippen MR) is 132 cm³/mol. The molecule has 0 atom stereocenters. The van der Waals surface area contributed by atoms with Crippen LogP contribution in [-0.2, 0) is 16.2 Å². The van der Waals surface area contributed by atoms with E-state index in [0.717, 1.165) is 6.07 Å². The number of halogens is 4. The van der Waals surface area contributed by atoms with E-state index < -0.39 is 34.0 Å². The van der Waals surface area contributed by atoms with Crippen molar-refractivity contribution in [2.45, 2.75) is 30.5 Å². The van der Waals surface area contributed by atoms with Crippen LogP contribution in [0.2, 0.25) is 5.02 Å². The molecule has 192 valence electrons. The van der Waals surface area contributed by atoms with Crippen molar-refractivity contribution in [1.82, 2.24) is 19.3 Å². The first-order chi connectivity index (χ1) is 17.3. The van der Waals surface area contributed by atoms with Crippen LogP contribution in [0.4, 0.5) is 13.2 Å². The van der Waals surface area contributed by atoms with E-state index in [1.807, 2.05) is 0 Å². The van der Waals surface area contributed by atoms with Crippen LogP contribution in [0.25, 0.3) is 16.9 Å². The van der Waals surface area contributed by atoms with Crippen LogP contribution in [0.3, 0.4) is 0 Å². The lowest BCUT2D eigenvalue weighted by Gasteiger charge is -2.23. The van der Waals surface area contributed by atoms with Gasteiger partial charge in [0.2, 0.25) is 10.0 Å². The Kier molecular flexibility index (Phi) is 7.05. The fourth-order valence-corrected chi connectivity index (χ4v) is 4.93. The second-order valence-corrected chi connectivity index (χ2v) is 10.9. The Labute approximate surface area is 216 Å². The zero-order valence-corrected chi connectivity index (χ0v) is 21.1. The summed E-state index contributed by atoms with van der Waals surface area (Å²) in [6.45, 7) is 2.64. The molecular formula is C25H20ClF3N4O3S. The van der Waals surface area contributed by atoms with Crippen molar-refractivity contribution in [3.05, 3.63) is 82.6 Å². The van der Waals surface area contributed by atoms with Crippen LogP contribution in [0.5, 0.6) is 0 Å². The van der Waals surface area contributed by atoms with E-state index in [-0.39, 0.29) is 21.8 Å². The maximum absolute atomic E-state index is 13.8. The number of hydrogen-bond acceptors (Lipinski definition) is 5. The summed E-state index contributed by atoms with van der Waals surface area (Å²) >= 11 is 5.90. The minimum Gasteiger partial charge on any atom is -0.394 e. The van der Waals surface area contributed by atoms with Gasteiger partial charge in [-0.05, 0) is 50.2 Å². The van der Waals surface area contributed by atoms with E-state index in [9.17, 15) is 26.7 Å². The molecule has 0 radical (unpaired) electrons. The molecule has 0 saturated heterocycles. The molecular weight excluding hydrogens is 529 g/mol. The largest absolute Gasteiger partial charge is 0.433 e. The SMILES string of the molecule is CC(C)(CO)NS(=O)(=O)c1cccc(C#Cc2cnn3c(C(F)(F)F)cc(-c4ccc(Cl)cc4)nc23)c1. The Hall–Kier alpha value is -3.43. The Morgan fingerprint density at radius 1 is 1.08 bits per heavy atom. The zero-order valence-electron chi connectivity index (χ0n) is 19.5. The van der Waals surface area contributed by atoms with Crippen LogP contribution in [0.15, 0.2) is 65.7 Å². The van der Waals surface area contributed by atoms with E-state index in [1.165, 1.54) is 38.2 Å². The third kappa shape index (κ3) is 5.94. The fourth-order valence-electron chi connectivity index (χ4n) is 3.36. The van der Waals surface area contributed by atoms with Gasteiger partial charge in [-0.25, -0.2) is 22.6 Å². The van der Waals surface area contributed by atoms with Gasteiger partial charge in [0, 0.05) is 16.1 Å². The monoisotopic (exact) mass is 548 g/mol. The number of aliphatic hydroxyl groups is 1. The summed E-state index contributed by atoms with van der Waals surface area (Å²) in [7, 11) is -3.96. The van der Waals surface area contributed by atoms with Gasteiger partial charge < -0.3 is 5.11 Å². The number of nitrogens with one attached hydrogen (secondary N) is 1. The summed E-state index contributed by atoms with van der Waals surface area (Å²) in [5.41, 5.74) is -1.31. The van der Waals surface area contributed by atoms with Gasteiger partial charge in [-0.3, -0.25) is 0 Å². The lowest BCUT2D eigenvalue weighted by Crippen LogP contribution is -2.46. The molecule has 0 aliphatic heterocycles. The van der Waals surface area contributed by atoms with Crippen LogP contribution in [0.1, 0.15) is 30.7 Å². The van der Waals surface area contributed by atoms with Crippen molar-refractivity contribution in [2.24, 2.45) is 0 Å². The van der Waals surface area contributed by atoms with Gasteiger partial charge >= 0.3 is 6.18 Å². The summed E-state index contributed by atoms with van der Waals surface area (Å²) in [5.74, 6) is 5.52. The predicted octanol–water partition coefficient (Wildman–Crippen LogP) is 4.52. The molecule has 0 amide bonds. The highest BCUT2D eigenvalue weighted by molar-refractivity contribution is 7.89. The van der Waals surface area contributed by atoms with Gasteiger partial charge in [0.05, 0.1) is 34.5 Å². The van der Waals surface area contributed by atoms with Crippen LogP contribution in [-0.4, -0.2) is 40.3 Å². The third-order valence-electron chi connectivity index (χ3n) is 5.19. The molecule has 37 heavy (non-hydrogen) atoms. The molecule has 0 bridgehead atoms. The average molecular weight is 549 g/mol. The highest BCUT2D eigenvalue weighted by Crippen LogP contribution is 2.33. The Balaban J connectivity index is 1.78. The molecule has 0 fully saturated rings. The summed E-state index contributed by atoms with van der Waals surface area (Å²) in [4.78, 5) is 4.27. The number of benzene rings is 2. The average Bonchev–Trinajstić information content (AvgIpc) is 3.24. The van der Waals surface area contributed by atoms with Crippen molar-refractivity contribution in [1.29, 1.82) is 0 Å². The van der Waals surface area contributed by atoms with E-state index >= 15 is 0 Å². The second kappa shape index (κ2) is 9.79. The fraction of sp³-hybridized carbons (Fsp3) is 0.200. The Morgan fingerprint density at radius 3 is 2.43 bits per heavy atom. The molecule has 2 N–H and O–H groups in total. The minimum absolute atomic E-state index is 0.0608. The normalized spacial score (nSPS) is 12.4. The van der Waals surface area contributed by atoms with E-state index in [1.54, 1.807) is 30.3 Å². The topological polar surface area (TPSA) is 96.6 Å². The van der Waals surface area contributed by atoms with Gasteiger partial charge in [0.25, 0.3) is 0 Å². The molecule has 2 aromatic heterocycles. The van der Waals surface area contributed by atoms with Gasteiger partial charge in [0.1, 0.15) is 0 Å². The molecule has 0 saturated carbocycles. The lowest BCUT2D eigenvalue weighted by atomic mass is 10.1. The summed E-state index contributed by atoms with van der Waals surface area (Å²) < 4.78 is 69.9. The standard InChI is InChI=1S/C25H20ClF3N4O3S/c1-24(2,15-34)32-37(35,36)20-5-3-4-16(12-20)6-7-18-14-30-33-22(25(27,28)29)13-21(31-23(18)33)17-8-10-19(26)11-9-17/h3-5,8-14,32,34H,15H2,1-2H3. The minimum atomic E-state index is -4.71. The number of aliphatic hydroxyl groups excluding tert-OH is 1. The molecule has 0 unspecified atom stereocenters. The molecule has 2 heterocycles. The quantitative estimate of drug-likeness (QED) is 0.358. The molecule has 0 aliphatic rings. The second-order valence-electron chi connectivity index (χ2n) is 8.75. The third-order valence-corrected chi connectivity index (χ3v) is 7.14. The van der Waals surface area contributed by atoms with Crippen LogP contribution < -0.4 is 4.72 Å². The first-order valence-electron chi connectivity index (χ1n) is 10.8. The van der Waals surface area contributed by atoms with E-state index in [0.29, 0.717) is 20.7 Å². The van der Waals surface area contributed by atoms with Crippen molar-refractivity contribution in [3.63, 3.8) is 0 Å². The first kappa shape index (κ1) is 26.6. The molecule has 2 aromatic carbocycles. The zero-order chi connectivity index (χ0) is 27.0. The van der Waals surface area contributed by atoms with Crippen molar-refractivity contribution in [2.75, 3.05) is 6.61 Å². The van der Waals surface area contributed by atoms with E-state index in [4.69, 9.17) is 11.6 Å². The first-order valence-corrected chi connectivity index (χ1v) is 12.6. The molecule has 0 aliphatic carbocycles. The Bertz CT molecular complexity index is 1640. The maximum atomic E-state index is 13.8. The van der Waals surface area contributed by atoms with Gasteiger partial charge in [-0.2, -0.15) is 18.3 Å². The number of rotatable bonds is 5. The number of aromatic nitrogens is 3.